The number of amides is 3. The number of piperidine rings is 1. The summed E-state index contributed by atoms with van der Waals surface area (Å²) < 4.78 is 2.05. The summed E-state index contributed by atoms with van der Waals surface area (Å²) in [5, 5.41) is 2.96. The number of carbonyl (C=O) groups is 2. The third-order valence-corrected chi connectivity index (χ3v) is 4.63. The van der Waals surface area contributed by atoms with Crippen molar-refractivity contribution in [2.45, 2.75) is 19.3 Å². The Labute approximate surface area is 140 Å². The molecule has 7 heteroatoms. The standard InChI is InChI=1S/C17H23N5O2/c1-21-14-7-3-2-6-13(14)20-15(21)8-9-19-16(23)12-5-4-10-22(11-12)17(18)24/h2-3,6-7,12H,4-5,8-11H2,1H3,(H2,18,24)(H,19,23)/t12-/m1/s1. The molecule has 3 rings (SSSR count). The molecule has 0 unspecified atom stereocenters. The van der Waals surface area contributed by atoms with Crippen molar-refractivity contribution in [1.82, 2.24) is 19.8 Å². The molecule has 1 saturated heterocycles. The van der Waals surface area contributed by atoms with E-state index in [1.54, 1.807) is 4.90 Å². The number of imidazole rings is 1. The molecule has 128 valence electrons. The topological polar surface area (TPSA) is 93.3 Å². The van der Waals surface area contributed by atoms with Crippen LogP contribution in [0.5, 0.6) is 0 Å². The molecule has 2 heterocycles. The van der Waals surface area contributed by atoms with Crippen molar-refractivity contribution in [2.75, 3.05) is 19.6 Å². The first kappa shape index (κ1) is 16.3. The molecule has 0 radical (unpaired) electrons. The van der Waals surface area contributed by atoms with Crippen LogP contribution in [0.4, 0.5) is 4.79 Å². The summed E-state index contributed by atoms with van der Waals surface area (Å²) in [6.07, 6.45) is 2.27. The number of para-hydroxylation sites is 2. The van der Waals surface area contributed by atoms with Crippen LogP contribution < -0.4 is 11.1 Å². The number of hydrogen-bond donors (Lipinski definition) is 2. The lowest BCUT2D eigenvalue weighted by atomic mass is 9.97. The number of nitrogens with one attached hydrogen (secondary N) is 1. The van der Waals surface area contributed by atoms with Crippen molar-refractivity contribution in [3.05, 3.63) is 30.1 Å². The van der Waals surface area contributed by atoms with E-state index in [1.807, 2.05) is 31.3 Å². The van der Waals surface area contributed by atoms with Gasteiger partial charge in [-0.2, -0.15) is 0 Å². The molecule has 3 amide bonds. The van der Waals surface area contributed by atoms with Crippen molar-refractivity contribution in [1.29, 1.82) is 0 Å². The molecule has 1 atom stereocenters. The van der Waals surface area contributed by atoms with E-state index in [4.69, 9.17) is 5.73 Å². The Bertz CT molecular complexity index is 755. The minimum atomic E-state index is -0.452. The highest BCUT2D eigenvalue weighted by Crippen LogP contribution is 2.17. The van der Waals surface area contributed by atoms with Crippen LogP contribution in [0.1, 0.15) is 18.7 Å². The lowest BCUT2D eigenvalue weighted by molar-refractivity contribution is -0.126. The van der Waals surface area contributed by atoms with Crippen LogP contribution in [-0.4, -0.2) is 46.0 Å². The number of nitrogens with two attached hydrogens (primary N) is 1. The zero-order valence-electron chi connectivity index (χ0n) is 13.9. The summed E-state index contributed by atoms with van der Waals surface area (Å²) in [4.78, 5) is 29.7. The number of rotatable bonds is 4. The maximum Gasteiger partial charge on any atom is 0.314 e. The minimum Gasteiger partial charge on any atom is -0.355 e. The average Bonchev–Trinajstić information content (AvgIpc) is 2.91. The summed E-state index contributed by atoms with van der Waals surface area (Å²) in [6, 6.07) is 7.52. The van der Waals surface area contributed by atoms with Crippen molar-refractivity contribution in [2.24, 2.45) is 18.7 Å². The zero-order valence-corrected chi connectivity index (χ0v) is 13.9. The maximum atomic E-state index is 12.3. The van der Waals surface area contributed by atoms with Gasteiger partial charge in [0.1, 0.15) is 5.82 Å². The average molecular weight is 329 g/mol. The molecule has 1 aliphatic heterocycles. The van der Waals surface area contributed by atoms with Gasteiger partial charge in [0.25, 0.3) is 0 Å². The van der Waals surface area contributed by atoms with E-state index in [0.29, 0.717) is 26.1 Å². The van der Waals surface area contributed by atoms with E-state index in [2.05, 4.69) is 14.9 Å². The first-order valence-corrected chi connectivity index (χ1v) is 8.28. The Morgan fingerprint density at radius 3 is 2.92 bits per heavy atom. The third kappa shape index (κ3) is 3.34. The number of carbonyl (C=O) groups excluding carboxylic acids is 2. The van der Waals surface area contributed by atoms with Gasteiger partial charge in [-0.05, 0) is 25.0 Å². The van der Waals surface area contributed by atoms with E-state index < -0.39 is 6.03 Å². The van der Waals surface area contributed by atoms with E-state index in [0.717, 1.165) is 29.7 Å². The lowest BCUT2D eigenvalue weighted by Crippen LogP contribution is -2.47. The van der Waals surface area contributed by atoms with Crippen LogP contribution in [0.15, 0.2) is 24.3 Å². The molecule has 0 spiro atoms. The Balaban J connectivity index is 1.54. The first-order valence-electron chi connectivity index (χ1n) is 8.28. The largest absolute Gasteiger partial charge is 0.355 e. The monoisotopic (exact) mass is 329 g/mol. The second-order valence-electron chi connectivity index (χ2n) is 6.24. The van der Waals surface area contributed by atoms with Gasteiger partial charge in [0, 0.05) is 33.1 Å². The number of likely N-dealkylation sites (tertiary alicyclic amines) is 1. The molecule has 24 heavy (non-hydrogen) atoms. The smallest absolute Gasteiger partial charge is 0.314 e. The van der Waals surface area contributed by atoms with Crippen LogP contribution in [0.25, 0.3) is 11.0 Å². The number of hydrogen-bond acceptors (Lipinski definition) is 3. The van der Waals surface area contributed by atoms with Crippen molar-refractivity contribution in [3.63, 3.8) is 0 Å². The number of benzene rings is 1. The summed E-state index contributed by atoms with van der Waals surface area (Å²) >= 11 is 0. The Kier molecular flexibility index (Phi) is 4.69. The van der Waals surface area contributed by atoms with Gasteiger partial charge in [-0.25, -0.2) is 9.78 Å². The summed E-state index contributed by atoms with van der Waals surface area (Å²) in [5.41, 5.74) is 7.35. The second kappa shape index (κ2) is 6.90. The Morgan fingerprint density at radius 2 is 2.17 bits per heavy atom. The van der Waals surface area contributed by atoms with Gasteiger partial charge in [-0.15, -0.1) is 0 Å². The van der Waals surface area contributed by atoms with Gasteiger partial charge in [0.15, 0.2) is 0 Å². The van der Waals surface area contributed by atoms with E-state index in [-0.39, 0.29) is 11.8 Å². The molecule has 0 bridgehead atoms. The number of aromatic nitrogens is 2. The molecule has 1 aromatic carbocycles. The van der Waals surface area contributed by atoms with E-state index in [9.17, 15) is 9.59 Å². The summed E-state index contributed by atoms with van der Waals surface area (Å²) in [6.45, 7) is 1.58. The molecule has 2 aromatic rings. The van der Waals surface area contributed by atoms with Gasteiger partial charge in [0.2, 0.25) is 5.91 Å². The van der Waals surface area contributed by atoms with E-state index in [1.165, 1.54) is 0 Å². The first-order chi connectivity index (χ1) is 11.6. The highest BCUT2D eigenvalue weighted by atomic mass is 16.2. The molecule has 1 aliphatic rings. The minimum absolute atomic E-state index is 0.0142. The molecule has 0 aliphatic carbocycles. The highest BCUT2D eigenvalue weighted by Gasteiger charge is 2.27. The number of fused-ring (bicyclic) bond motifs is 1. The van der Waals surface area contributed by atoms with Crippen LogP contribution in [0, 0.1) is 5.92 Å². The van der Waals surface area contributed by atoms with E-state index >= 15 is 0 Å². The van der Waals surface area contributed by atoms with Crippen LogP contribution in [0.2, 0.25) is 0 Å². The molecule has 1 aromatic heterocycles. The van der Waals surface area contributed by atoms with Crippen molar-refractivity contribution >= 4 is 23.0 Å². The fraction of sp³-hybridized carbons (Fsp3) is 0.471. The Morgan fingerprint density at radius 1 is 1.38 bits per heavy atom. The van der Waals surface area contributed by atoms with Gasteiger partial charge in [-0.3, -0.25) is 4.79 Å². The third-order valence-electron chi connectivity index (χ3n) is 4.63. The highest BCUT2D eigenvalue weighted by molar-refractivity contribution is 5.80. The van der Waals surface area contributed by atoms with Crippen LogP contribution in [0.3, 0.4) is 0 Å². The maximum absolute atomic E-state index is 12.3. The van der Waals surface area contributed by atoms with Gasteiger partial charge in [-0.1, -0.05) is 12.1 Å². The predicted octanol–water partition coefficient (Wildman–Crippen LogP) is 1.02. The summed E-state index contributed by atoms with van der Waals surface area (Å²) in [5.74, 6) is 0.755. The van der Waals surface area contributed by atoms with Crippen molar-refractivity contribution in [3.8, 4) is 0 Å². The van der Waals surface area contributed by atoms with Gasteiger partial charge in [0.05, 0.1) is 17.0 Å². The van der Waals surface area contributed by atoms with Crippen LogP contribution in [-0.2, 0) is 18.3 Å². The summed E-state index contributed by atoms with van der Waals surface area (Å²) in [7, 11) is 1.98. The molecule has 1 fully saturated rings. The van der Waals surface area contributed by atoms with Crippen LogP contribution >= 0.6 is 0 Å². The molecule has 0 saturated carbocycles. The molecular formula is C17H23N5O2. The zero-order chi connectivity index (χ0) is 17.1. The fourth-order valence-corrected chi connectivity index (χ4v) is 3.25. The predicted molar refractivity (Wildman–Crippen MR) is 91.3 cm³/mol. The number of aryl methyl sites for hydroxylation is 1. The lowest BCUT2D eigenvalue weighted by Gasteiger charge is -2.30. The van der Waals surface area contributed by atoms with Crippen molar-refractivity contribution < 1.29 is 9.59 Å². The van der Waals surface area contributed by atoms with Gasteiger partial charge >= 0.3 is 6.03 Å². The number of urea groups is 1. The molecule has 3 N–H and O–H groups in total. The second-order valence-corrected chi connectivity index (χ2v) is 6.24. The Hall–Kier alpha value is -2.57. The van der Waals surface area contributed by atoms with Gasteiger partial charge < -0.3 is 20.5 Å². The number of nitrogens with zero attached hydrogens (tertiary/aromatic N) is 3. The SMILES string of the molecule is Cn1c(CCNC(=O)[C@@H]2CCCN(C(N)=O)C2)nc2ccccc21. The fourth-order valence-electron chi connectivity index (χ4n) is 3.25. The normalized spacial score (nSPS) is 17.9. The molecular weight excluding hydrogens is 306 g/mol. The number of primary amides is 1. The quantitative estimate of drug-likeness (QED) is 0.877. The molecule has 7 nitrogen and oxygen atoms in total.